The van der Waals surface area contributed by atoms with Gasteiger partial charge in [0.2, 0.25) is 0 Å². The van der Waals surface area contributed by atoms with Crippen LogP contribution in [-0.2, 0) is 6.42 Å². The molecule has 0 heterocycles. The molecule has 106 valence electrons. The number of hydrogen-bond donors (Lipinski definition) is 1. The van der Waals surface area contributed by atoms with Gasteiger partial charge in [0.1, 0.15) is 5.75 Å². The minimum absolute atomic E-state index is 0.343. The van der Waals surface area contributed by atoms with E-state index >= 15 is 0 Å². The number of nitrogens with two attached hydrogens (primary N) is 1. The SMILES string of the molecule is Cc1cc(C)cc(Oc2c(F)cc(CCN)cc2F)c1. The van der Waals surface area contributed by atoms with Crippen molar-refractivity contribution in [2.75, 3.05) is 6.54 Å². The quantitative estimate of drug-likeness (QED) is 0.920. The van der Waals surface area contributed by atoms with E-state index in [2.05, 4.69) is 0 Å². The van der Waals surface area contributed by atoms with Gasteiger partial charge in [-0.05, 0) is 67.8 Å². The zero-order valence-electron chi connectivity index (χ0n) is 11.5. The Bertz CT molecular complexity index is 583. The van der Waals surface area contributed by atoms with Gasteiger partial charge in [0.15, 0.2) is 17.4 Å². The monoisotopic (exact) mass is 277 g/mol. The van der Waals surface area contributed by atoms with Gasteiger partial charge in [0, 0.05) is 0 Å². The molecule has 0 radical (unpaired) electrons. The predicted molar refractivity (Wildman–Crippen MR) is 75.1 cm³/mol. The number of rotatable bonds is 4. The minimum atomic E-state index is -0.715. The Balaban J connectivity index is 2.33. The summed E-state index contributed by atoms with van der Waals surface area (Å²) < 4.78 is 33.2. The lowest BCUT2D eigenvalue weighted by Crippen LogP contribution is -2.04. The second-order valence-corrected chi connectivity index (χ2v) is 4.85. The maximum atomic E-state index is 13.9. The van der Waals surface area contributed by atoms with Gasteiger partial charge >= 0.3 is 0 Å². The minimum Gasteiger partial charge on any atom is -0.451 e. The lowest BCUT2D eigenvalue weighted by Gasteiger charge is -2.11. The number of hydrogen-bond acceptors (Lipinski definition) is 2. The van der Waals surface area contributed by atoms with Crippen LogP contribution in [0.4, 0.5) is 8.78 Å². The molecule has 0 spiro atoms. The Morgan fingerprint density at radius 3 is 2.00 bits per heavy atom. The van der Waals surface area contributed by atoms with Gasteiger partial charge in [-0.25, -0.2) is 8.78 Å². The van der Waals surface area contributed by atoms with Crippen LogP contribution in [-0.4, -0.2) is 6.54 Å². The van der Waals surface area contributed by atoms with E-state index in [0.29, 0.717) is 24.3 Å². The molecule has 4 heteroatoms. The first-order valence-corrected chi connectivity index (χ1v) is 6.43. The van der Waals surface area contributed by atoms with E-state index in [1.165, 1.54) is 12.1 Å². The van der Waals surface area contributed by atoms with Crippen LogP contribution in [0.15, 0.2) is 30.3 Å². The largest absolute Gasteiger partial charge is 0.451 e. The standard InChI is InChI=1S/C16H17F2NO/c1-10-5-11(2)7-13(6-10)20-16-14(17)8-12(3-4-19)9-15(16)18/h5-9H,3-4,19H2,1-2H3. The van der Waals surface area contributed by atoms with Gasteiger partial charge in [-0.3, -0.25) is 0 Å². The van der Waals surface area contributed by atoms with Crippen LogP contribution in [0.5, 0.6) is 11.5 Å². The molecule has 0 fully saturated rings. The molecule has 0 aromatic heterocycles. The van der Waals surface area contributed by atoms with E-state index in [1.807, 2.05) is 19.9 Å². The maximum absolute atomic E-state index is 13.9. The first-order valence-electron chi connectivity index (χ1n) is 6.43. The summed E-state index contributed by atoms with van der Waals surface area (Å²) in [4.78, 5) is 0. The molecule has 2 aromatic rings. The molecule has 0 aliphatic rings. The van der Waals surface area contributed by atoms with Crippen molar-refractivity contribution in [2.24, 2.45) is 5.73 Å². The summed E-state index contributed by atoms with van der Waals surface area (Å²) in [6.07, 6.45) is 0.428. The fraction of sp³-hybridized carbons (Fsp3) is 0.250. The zero-order valence-corrected chi connectivity index (χ0v) is 11.5. The normalized spacial score (nSPS) is 10.7. The average Bonchev–Trinajstić information content (AvgIpc) is 2.33. The Kier molecular flexibility index (Phi) is 4.35. The number of benzene rings is 2. The number of aryl methyl sites for hydroxylation is 2. The molecule has 0 amide bonds. The Morgan fingerprint density at radius 2 is 1.50 bits per heavy atom. The van der Waals surface area contributed by atoms with Gasteiger partial charge in [-0.1, -0.05) is 6.07 Å². The third-order valence-corrected chi connectivity index (χ3v) is 2.91. The van der Waals surface area contributed by atoms with Gasteiger partial charge in [-0.15, -0.1) is 0 Å². The molecule has 0 aliphatic heterocycles. The highest BCUT2D eigenvalue weighted by Gasteiger charge is 2.14. The van der Waals surface area contributed by atoms with Crippen molar-refractivity contribution in [3.63, 3.8) is 0 Å². The Morgan fingerprint density at radius 1 is 0.950 bits per heavy atom. The van der Waals surface area contributed by atoms with Crippen molar-refractivity contribution in [1.82, 2.24) is 0 Å². The Labute approximate surface area is 117 Å². The highest BCUT2D eigenvalue weighted by molar-refractivity contribution is 5.39. The van der Waals surface area contributed by atoms with Crippen LogP contribution in [0.3, 0.4) is 0 Å². The number of halogens is 2. The zero-order chi connectivity index (χ0) is 14.7. The molecular weight excluding hydrogens is 260 g/mol. The maximum Gasteiger partial charge on any atom is 0.198 e. The van der Waals surface area contributed by atoms with Crippen LogP contribution in [0.1, 0.15) is 16.7 Å². The van der Waals surface area contributed by atoms with Crippen molar-refractivity contribution in [3.8, 4) is 11.5 Å². The first-order chi connectivity index (χ1) is 9.49. The smallest absolute Gasteiger partial charge is 0.198 e. The van der Waals surface area contributed by atoms with Gasteiger partial charge in [0.25, 0.3) is 0 Å². The van der Waals surface area contributed by atoms with Crippen LogP contribution in [0, 0.1) is 25.5 Å². The molecule has 2 aromatic carbocycles. The van der Waals surface area contributed by atoms with Crippen molar-refractivity contribution >= 4 is 0 Å². The van der Waals surface area contributed by atoms with E-state index in [9.17, 15) is 8.78 Å². The summed E-state index contributed by atoms with van der Waals surface area (Å²) in [5.41, 5.74) is 7.85. The van der Waals surface area contributed by atoms with E-state index in [4.69, 9.17) is 10.5 Å². The Hall–Kier alpha value is -1.94. The highest BCUT2D eigenvalue weighted by Crippen LogP contribution is 2.29. The topological polar surface area (TPSA) is 35.2 Å². The lowest BCUT2D eigenvalue weighted by molar-refractivity contribution is 0.406. The van der Waals surface area contributed by atoms with Gasteiger partial charge in [-0.2, -0.15) is 0 Å². The molecule has 0 atom stereocenters. The van der Waals surface area contributed by atoms with Gasteiger partial charge < -0.3 is 10.5 Å². The van der Waals surface area contributed by atoms with E-state index in [0.717, 1.165) is 11.1 Å². The molecule has 20 heavy (non-hydrogen) atoms. The summed E-state index contributed by atoms with van der Waals surface area (Å²) in [7, 11) is 0. The lowest BCUT2D eigenvalue weighted by atomic mass is 10.1. The fourth-order valence-electron chi connectivity index (χ4n) is 2.13. The van der Waals surface area contributed by atoms with E-state index < -0.39 is 11.6 Å². The molecule has 0 saturated carbocycles. The summed E-state index contributed by atoms with van der Waals surface area (Å²) in [5.74, 6) is -1.39. The summed E-state index contributed by atoms with van der Waals surface area (Å²) in [6.45, 7) is 4.14. The summed E-state index contributed by atoms with van der Waals surface area (Å²) in [5, 5.41) is 0. The van der Waals surface area contributed by atoms with Crippen LogP contribution < -0.4 is 10.5 Å². The van der Waals surface area contributed by atoms with Crippen LogP contribution in [0.25, 0.3) is 0 Å². The second-order valence-electron chi connectivity index (χ2n) is 4.85. The third kappa shape index (κ3) is 3.33. The molecule has 0 saturated heterocycles. The first kappa shape index (κ1) is 14.5. The van der Waals surface area contributed by atoms with Crippen LogP contribution in [0.2, 0.25) is 0 Å². The number of ether oxygens (including phenoxy) is 1. The molecule has 0 aliphatic carbocycles. The molecular formula is C16H17F2NO. The van der Waals surface area contributed by atoms with E-state index in [-0.39, 0.29) is 5.75 Å². The third-order valence-electron chi connectivity index (χ3n) is 2.91. The van der Waals surface area contributed by atoms with Crippen molar-refractivity contribution < 1.29 is 13.5 Å². The summed E-state index contributed by atoms with van der Waals surface area (Å²) >= 11 is 0. The predicted octanol–water partition coefficient (Wildman–Crippen LogP) is 3.88. The van der Waals surface area contributed by atoms with Gasteiger partial charge in [0.05, 0.1) is 0 Å². The highest BCUT2D eigenvalue weighted by atomic mass is 19.1. The molecule has 2 rings (SSSR count). The summed E-state index contributed by atoms with van der Waals surface area (Å²) in [6, 6.07) is 7.95. The molecule has 0 unspecified atom stereocenters. The molecule has 0 bridgehead atoms. The van der Waals surface area contributed by atoms with Crippen LogP contribution >= 0.6 is 0 Å². The second kappa shape index (κ2) is 6.01. The van der Waals surface area contributed by atoms with Crippen molar-refractivity contribution in [3.05, 3.63) is 58.7 Å². The molecule has 2 nitrogen and oxygen atoms in total. The molecule has 2 N–H and O–H groups in total. The van der Waals surface area contributed by atoms with E-state index in [1.54, 1.807) is 12.1 Å². The van der Waals surface area contributed by atoms with Crippen molar-refractivity contribution in [2.45, 2.75) is 20.3 Å². The fourth-order valence-corrected chi connectivity index (χ4v) is 2.13. The average molecular weight is 277 g/mol. The van der Waals surface area contributed by atoms with Crippen molar-refractivity contribution in [1.29, 1.82) is 0 Å².